The van der Waals surface area contributed by atoms with Crippen molar-refractivity contribution in [3.63, 3.8) is 0 Å². The van der Waals surface area contributed by atoms with Crippen LogP contribution in [-0.2, 0) is 11.2 Å². The predicted molar refractivity (Wildman–Crippen MR) is 81.2 cm³/mol. The van der Waals surface area contributed by atoms with Crippen LogP contribution in [0.5, 0.6) is 0 Å². The van der Waals surface area contributed by atoms with Crippen LogP contribution in [-0.4, -0.2) is 28.6 Å². The molecular weight excluding hydrogens is 272 g/mol. The molecule has 0 aliphatic carbocycles. The summed E-state index contributed by atoms with van der Waals surface area (Å²) in [6.45, 7) is 4.82. The normalized spacial score (nSPS) is 12.6. The van der Waals surface area contributed by atoms with Crippen molar-refractivity contribution >= 4 is 11.8 Å². The molecule has 1 aromatic heterocycles. The number of rotatable bonds is 6. The summed E-state index contributed by atoms with van der Waals surface area (Å²) in [5.41, 5.74) is 2.52. The number of thioether (sulfide) groups is 1. The van der Waals surface area contributed by atoms with E-state index in [1.54, 1.807) is 23.5 Å². The fourth-order valence-corrected chi connectivity index (χ4v) is 2.81. The number of nitrogen functional groups attached to an aromatic ring is 1. The summed E-state index contributed by atoms with van der Waals surface area (Å²) < 4.78 is 6.58. The van der Waals surface area contributed by atoms with E-state index in [1.807, 2.05) is 0 Å². The number of ether oxygens (including phenoxy) is 1. The molecule has 0 saturated carbocycles. The number of hydrogen-bond donors (Lipinski definition) is 1. The molecule has 0 saturated heterocycles. The molecule has 5 nitrogen and oxygen atoms in total. The molecule has 0 aliphatic heterocycles. The van der Waals surface area contributed by atoms with Gasteiger partial charge in [0.1, 0.15) is 0 Å². The Hall–Kier alpha value is -1.53. The number of benzene rings is 1. The van der Waals surface area contributed by atoms with Gasteiger partial charge >= 0.3 is 0 Å². The van der Waals surface area contributed by atoms with Gasteiger partial charge < -0.3 is 10.6 Å². The Balaban J connectivity index is 2.08. The molecule has 2 N–H and O–H groups in total. The number of aryl methyl sites for hydroxylation is 1. The Morgan fingerprint density at radius 2 is 2.20 bits per heavy atom. The van der Waals surface area contributed by atoms with Crippen molar-refractivity contribution in [3.8, 4) is 0 Å². The van der Waals surface area contributed by atoms with Crippen molar-refractivity contribution in [3.05, 3.63) is 41.2 Å². The molecule has 0 amide bonds. The van der Waals surface area contributed by atoms with Gasteiger partial charge in [-0.25, -0.2) is 4.68 Å². The highest BCUT2D eigenvalue weighted by Gasteiger charge is 2.15. The second-order valence-electron chi connectivity index (χ2n) is 4.69. The van der Waals surface area contributed by atoms with E-state index >= 15 is 0 Å². The number of nitrogens with zero attached hydrogens (tertiary/aromatic N) is 3. The van der Waals surface area contributed by atoms with Gasteiger partial charge in [-0.1, -0.05) is 41.6 Å². The number of methoxy groups -OCH3 is 1. The van der Waals surface area contributed by atoms with E-state index in [0.29, 0.717) is 13.0 Å². The first-order chi connectivity index (χ1) is 9.61. The van der Waals surface area contributed by atoms with Gasteiger partial charge in [0.25, 0.3) is 0 Å². The maximum absolute atomic E-state index is 6.02. The summed E-state index contributed by atoms with van der Waals surface area (Å²) in [6.07, 6.45) is 0.666. The second-order valence-corrected chi connectivity index (χ2v) is 5.99. The lowest BCUT2D eigenvalue weighted by Crippen LogP contribution is -2.15. The van der Waals surface area contributed by atoms with Gasteiger partial charge in [-0.15, -0.1) is 10.2 Å². The molecule has 0 radical (unpaired) electrons. The molecule has 6 heteroatoms. The number of nitrogens with two attached hydrogens (primary N) is 1. The van der Waals surface area contributed by atoms with E-state index in [4.69, 9.17) is 10.6 Å². The fourth-order valence-electron chi connectivity index (χ4n) is 1.90. The van der Waals surface area contributed by atoms with Gasteiger partial charge in [-0.3, -0.25) is 0 Å². The van der Waals surface area contributed by atoms with Crippen LogP contribution in [0.2, 0.25) is 0 Å². The average Bonchev–Trinajstić information content (AvgIpc) is 2.77. The van der Waals surface area contributed by atoms with Crippen molar-refractivity contribution in [1.29, 1.82) is 0 Å². The first-order valence-corrected chi connectivity index (χ1v) is 7.41. The third-order valence-electron chi connectivity index (χ3n) is 3.06. The van der Waals surface area contributed by atoms with Crippen molar-refractivity contribution in [2.75, 3.05) is 19.6 Å². The minimum atomic E-state index is 0.275. The summed E-state index contributed by atoms with van der Waals surface area (Å²) in [4.78, 5) is 0. The van der Waals surface area contributed by atoms with Gasteiger partial charge in [0.05, 0.1) is 6.61 Å². The quantitative estimate of drug-likeness (QED) is 0.654. The van der Waals surface area contributed by atoms with Gasteiger partial charge in [0, 0.05) is 18.8 Å². The maximum Gasteiger partial charge on any atom is 0.210 e. The molecule has 1 aromatic carbocycles. The minimum absolute atomic E-state index is 0.275. The highest BCUT2D eigenvalue weighted by atomic mass is 32.2. The Morgan fingerprint density at radius 3 is 2.90 bits per heavy atom. The highest BCUT2D eigenvalue weighted by molar-refractivity contribution is 7.99. The van der Waals surface area contributed by atoms with E-state index in [1.165, 1.54) is 11.1 Å². The largest absolute Gasteiger partial charge is 0.384 e. The van der Waals surface area contributed by atoms with Crippen molar-refractivity contribution in [1.82, 2.24) is 14.9 Å². The highest BCUT2D eigenvalue weighted by Crippen LogP contribution is 2.33. The van der Waals surface area contributed by atoms with Gasteiger partial charge in [-0.05, 0) is 19.4 Å². The minimum Gasteiger partial charge on any atom is -0.384 e. The zero-order valence-corrected chi connectivity index (χ0v) is 12.9. The Labute approximate surface area is 123 Å². The molecule has 0 fully saturated rings. The molecule has 2 rings (SSSR count). The zero-order chi connectivity index (χ0) is 14.5. The molecule has 0 spiro atoms. The molecule has 0 bridgehead atoms. The molecular formula is C14H20N4OS. The lowest BCUT2D eigenvalue weighted by Gasteiger charge is -2.11. The van der Waals surface area contributed by atoms with E-state index in [-0.39, 0.29) is 5.25 Å². The molecule has 20 heavy (non-hydrogen) atoms. The monoisotopic (exact) mass is 292 g/mol. The van der Waals surface area contributed by atoms with E-state index < -0.39 is 0 Å². The molecule has 0 unspecified atom stereocenters. The van der Waals surface area contributed by atoms with Crippen molar-refractivity contribution < 1.29 is 4.74 Å². The Kier molecular flexibility index (Phi) is 5.03. The van der Waals surface area contributed by atoms with Crippen LogP contribution in [0.3, 0.4) is 0 Å². The zero-order valence-electron chi connectivity index (χ0n) is 12.0. The average molecular weight is 292 g/mol. The van der Waals surface area contributed by atoms with Crippen LogP contribution in [0.4, 0.5) is 0 Å². The Morgan fingerprint density at radius 1 is 1.40 bits per heavy atom. The number of hydrogen-bond acceptors (Lipinski definition) is 5. The summed E-state index contributed by atoms with van der Waals surface area (Å²) in [7, 11) is 1.66. The van der Waals surface area contributed by atoms with Gasteiger partial charge in [0.2, 0.25) is 5.16 Å². The van der Waals surface area contributed by atoms with E-state index in [2.05, 4.69) is 48.3 Å². The standard InChI is InChI=1S/C14H20N4OS/c1-10-5-4-6-12(9-10)11(2)20-14-17-16-13(18(14)15)7-8-19-3/h4-6,9,11H,7-8,15H2,1-3H3/t11-/m0/s1. The lowest BCUT2D eigenvalue weighted by molar-refractivity contribution is 0.200. The van der Waals surface area contributed by atoms with Crippen LogP contribution in [0, 0.1) is 6.92 Å². The van der Waals surface area contributed by atoms with Crippen LogP contribution in [0.15, 0.2) is 29.4 Å². The van der Waals surface area contributed by atoms with Crippen LogP contribution >= 0.6 is 11.8 Å². The van der Waals surface area contributed by atoms with E-state index in [9.17, 15) is 0 Å². The molecule has 108 valence electrons. The maximum atomic E-state index is 6.02. The van der Waals surface area contributed by atoms with Crippen molar-refractivity contribution in [2.24, 2.45) is 0 Å². The molecule has 1 heterocycles. The smallest absolute Gasteiger partial charge is 0.210 e. The summed E-state index contributed by atoms with van der Waals surface area (Å²) in [6, 6.07) is 8.46. The summed E-state index contributed by atoms with van der Waals surface area (Å²) >= 11 is 1.61. The summed E-state index contributed by atoms with van der Waals surface area (Å²) in [5.74, 6) is 6.76. The molecule has 1 atom stereocenters. The lowest BCUT2D eigenvalue weighted by atomic mass is 10.1. The van der Waals surface area contributed by atoms with Crippen LogP contribution in [0.1, 0.15) is 29.1 Å². The first-order valence-electron chi connectivity index (χ1n) is 6.53. The van der Waals surface area contributed by atoms with Crippen molar-refractivity contribution in [2.45, 2.75) is 30.7 Å². The van der Waals surface area contributed by atoms with Gasteiger partial charge in [-0.2, -0.15) is 0 Å². The number of aromatic nitrogens is 3. The SMILES string of the molecule is COCCc1nnc(S[C@@H](C)c2cccc(C)c2)n1N. The second kappa shape index (κ2) is 6.76. The third kappa shape index (κ3) is 3.52. The van der Waals surface area contributed by atoms with Gasteiger partial charge in [0.15, 0.2) is 5.82 Å². The summed E-state index contributed by atoms with van der Waals surface area (Å²) in [5, 5.41) is 9.26. The first kappa shape index (κ1) is 14.9. The Bertz CT molecular complexity index is 570. The third-order valence-corrected chi connectivity index (χ3v) is 4.17. The predicted octanol–water partition coefficient (Wildman–Crippen LogP) is 2.34. The molecule has 2 aromatic rings. The fraction of sp³-hybridized carbons (Fsp3) is 0.429. The van der Waals surface area contributed by atoms with E-state index in [0.717, 1.165) is 11.0 Å². The molecule has 0 aliphatic rings. The van der Waals surface area contributed by atoms with Crippen LogP contribution in [0.25, 0.3) is 0 Å². The van der Waals surface area contributed by atoms with Crippen LogP contribution < -0.4 is 5.84 Å². The topological polar surface area (TPSA) is 66.0 Å².